The Morgan fingerprint density at radius 2 is 1.31 bits per heavy atom. The molecular formula is C14H19F5N2O4Si. The number of urea groups is 1. The smallest absolute Gasteiger partial charge is 0.377 e. The van der Waals surface area contributed by atoms with Crippen molar-refractivity contribution in [2.75, 3.05) is 32.8 Å². The fraction of sp³-hybridized carbons (Fsp3) is 0.500. The lowest BCUT2D eigenvalue weighted by Gasteiger charge is -2.25. The van der Waals surface area contributed by atoms with Crippen molar-refractivity contribution in [1.82, 2.24) is 0 Å². The third-order valence-electron chi connectivity index (χ3n) is 3.77. The summed E-state index contributed by atoms with van der Waals surface area (Å²) < 4.78 is 83.0. The summed E-state index contributed by atoms with van der Waals surface area (Å²) in [6.07, 6.45) is 0.439. The number of hydrogen-bond acceptors (Lipinski definition) is 4. The Morgan fingerprint density at radius 3 is 1.69 bits per heavy atom. The SMILES string of the molecule is CO[Si](CCCCN(C(N)=O)c1c(F)c(F)c(F)c(F)c1F)(OC)OC. The summed E-state index contributed by atoms with van der Waals surface area (Å²) in [6, 6.07) is -1.05. The van der Waals surface area contributed by atoms with Crippen molar-refractivity contribution in [2.24, 2.45) is 5.73 Å². The lowest BCUT2D eigenvalue weighted by atomic mass is 10.2. The molecule has 0 saturated carbocycles. The summed E-state index contributed by atoms with van der Waals surface area (Å²) in [6.45, 7) is -0.380. The van der Waals surface area contributed by atoms with Crippen LogP contribution >= 0.6 is 0 Å². The Hall–Kier alpha value is -1.76. The van der Waals surface area contributed by atoms with Crippen molar-refractivity contribution >= 4 is 20.5 Å². The molecule has 0 spiro atoms. The number of carbonyl (C=O) groups is 1. The number of unbranched alkanes of at least 4 members (excludes halogenated alkanes) is 1. The molecule has 0 atom stereocenters. The van der Waals surface area contributed by atoms with E-state index in [9.17, 15) is 26.7 Å². The first-order chi connectivity index (χ1) is 12.2. The maximum Gasteiger partial charge on any atom is 0.500 e. The number of carbonyl (C=O) groups excluding carboxylic acids is 1. The number of nitrogens with zero attached hydrogens (tertiary/aromatic N) is 1. The molecule has 0 heterocycles. The highest BCUT2D eigenvalue weighted by Gasteiger charge is 2.37. The summed E-state index contributed by atoms with van der Waals surface area (Å²) in [7, 11) is 1.28. The number of rotatable bonds is 9. The van der Waals surface area contributed by atoms with E-state index in [0.29, 0.717) is 17.4 Å². The van der Waals surface area contributed by atoms with Gasteiger partial charge >= 0.3 is 14.8 Å². The Balaban J connectivity index is 2.98. The molecule has 26 heavy (non-hydrogen) atoms. The van der Waals surface area contributed by atoms with E-state index in [0.717, 1.165) is 0 Å². The Kier molecular flexibility index (Phi) is 7.93. The van der Waals surface area contributed by atoms with Gasteiger partial charge in [0.2, 0.25) is 5.82 Å². The van der Waals surface area contributed by atoms with Crippen molar-refractivity contribution in [3.8, 4) is 0 Å². The fourth-order valence-electron chi connectivity index (χ4n) is 2.33. The first kappa shape index (κ1) is 22.3. The van der Waals surface area contributed by atoms with Gasteiger partial charge in [0.05, 0.1) is 0 Å². The van der Waals surface area contributed by atoms with Crippen LogP contribution in [0.2, 0.25) is 6.04 Å². The number of anilines is 1. The molecule has 1 rings (SSSR count). The maximum atomic E-state index is 13.9. The predicted molar refractivity (Wildman–Crippen MR) is 84.0 cm³/mol. The number of benzene rings is 1. The van der Waals surface area contributed by atoms with Gasteiger partial charge in [-0.05, 0) is 12.8 Å². The lowest BCUT2D eigenvalue weighted by Crippen LogP contribution is -2.43. The second kappa shape index (κ2) is 9.25. The van der Waals surface area contributed by atoms with Crippen molar-refractivity contribution < 1.29 is 40.0 Å². The van der Waals surface area contributed by atoms with Crippen molar-refractivity contribution in [3.05, 3.63) is 29.1 Å². The van der Waals surface area contributed by atoms with Crippen LogP contribution in [0.4, 0.5) is 32.4 Å². The molecule has 1 aromatic carbocycles. The van der Waals surface area contributed by atoms with Crippen LogP contribution in [0.15, 0.2) is 0 Å². The number of hydrogen-bond donors (Lipinski definition) is 1. The second-order valence-electron chi connectivity index (χ2n) is 5.16. The van der Waals surface area contributed by atoms with E-state index < -0.39 is 49.6 Å². The molecule has 0 radical (unpaired) electrons. The van der Waals surface area contributed by atoms with Gasteiger partial charge in [-0.3, -0.25) is 4.90 Å². The summed E-state index contributed by atoms with van der Waals surface area (Å²) in [5.74, 6) is -10.9. The summed E-state index contributed by atoms with van der Waals surface area (Å²) in [4.78, 5) is 11.8. The van der Waals surface area contributed by atoms with Crippen LogP contribution in [0.3, 0.4) is 0 Å². The van der Waals surface area contributed by atoms with Gasteiger partial charge in [-0.25, -0.2) is 26.7 Å². The largest absolute Gasteiger partial charge is 0.500 e. The van der Waals surface area contributed by atoms with E-state index in [2.05, 4.69) is 0 Å². The molecule has 0 aliphatic heterocycles. The minimum atomic E-state index is -2.90. The van der Waals surface area contributed by atoms with Crippen LogP contribution in [-0.2, 0) is 13.3 Å². The maximum absolute atomic E-state index is 13.9. The van der Waals surface area contributed by atoms with Gasteiger partial charge in [0, 0.05) is 33.9 Å². The Bertz CT molecular complexity index is 623. The number of amides is 2. The van der Waals surface area contributed by atoms with Crippen molar-refractivity contribution in [3.63, 3.8) is 0 Å². The van der Waals surface area contributed by atoms with Crippen LogP contribution in [-0.4, -0.2) is 42.7 Å². The fourth-order valence-corrected chi connectivity index (χ4v) is 4.13. The highest BCUT2D eigenvalue weighted by atomic mass is 28.4. The molecule has 1 aromatic rings. The zero-order valence-corrected chi connectivity index (χ0v) is 15.4. The molecule has 0 aliphatic carbocycles. The van der Waals surface area contributed by atoms with Gasteiger partial charge in [0.25, 0.3) is 0 Å². The van der Waals surface area contributed by atoms with Crippen LogP contribution < -0.4 is 10.6 Å². The average Bonchev–Trinajstić information content (AvgIpc) is 2.63. The number of primary amides is 1. The van der Waals surface area contributed by atoms with Gasteiger partial charge in [0.15, 0.2) is 23.3 Å². The zero-order valence-electron chi connectivity index (χ0n) is 14.4. The van der Waals surface area contributed by atoms with Gasteiger partial charge in [-0.2, -0.15) is 0 Å². The monoisotopic (exact) mass is 402 g/mol. The van der Waals surface area contributed by atoms with E-state index in [1.54, 1.807) is 0 Å². The molecule has 0 aromatic heterocycles. The third kappa shape index (κ3) is 4.49. The van der Waals surface area contributed by atoms with E-state index in [1.807, 2.05) is 0 Å². The number of nitrogens with two attached hydrogens (primary N) is 1. The standard InChI is InChI=1S/C14H19F5N2O4Si/c1-23-26(24-2,25-3)7-5-4-6-21(14(20)22)13-11(18)9(16)8(15)10(17)12(13)19/h4-7H2,1-3H3,(H2,20,22). The van der Waals surface area contributed by atoms with Crippen LogP contribution in [0.25, 0.3) is 0 Å². The molecule has 12 heteroatoms. The Labute approximate surface area is 148 Å². The van der Waals surface area contributed by atoms with E-state index in [4.69, 9.17) is 19.0 Å². The van der Waals surface area contributed by atoms with Crippen LogP contribution in [0.5, 0.6) is 0 Å². The molecule has 0 fully saturated rings. The van der Waals surface area contributed by atoms with Gasteiger partial charge in [-0.15, -0.1) is 0 Å². The molecule has 0 saturated heterocycles. The first-order valence-electron chi connectivity index (χ1n) is 7.39. The topological polar surface area (TPSA) is 74.0 Å². The normalized spacial score (nSPS) is 11.7. The second-order valence-corrected chi connectivity index (χ2v) is 8.25. The molecular weight excluding hydrogens is 383 g/mol. The average molecular weight is 402 g/mol. The highest BCUT2D eigenvalue weighted by molar-refractivity contribution is 6.60. The zero-order chi connectivity index (χ0) is 20.1. The highest BCUT2D eigenvalue weighted by Crippen LogP contribution is 2.30. The van der Waals surface area contributed by atoms with Gasteiger partial charge in [-0.1, -0.05) is 0 Å². The molecule has 0 aliphatic rings. The first-order valence-corrected chi connectivity index (χ1v) is 9.32. The van der Waals surface area contributed by atoms with Crippen molar-refractivity contribution in [2.45, 2.75) is 18.9 Å². The van der Waals surface area contributed by atoms with E-state index >= 15 is 0 Å². The van der Waals surface area contributed by atoms with E-state index in [1.165, 1.54) is 21.3 Å². The van der Waals surface area contributed by atoms with Crippen LogP contribution in [0.1, 0.15) is 12.8 Å². The summed E-state index contributed by atoms with van der Waals surface area (Å²) >= 11 is 0. The predicted octanol–water partition coefficient (Wildman–Crippen LogP) is 2.93. The molecule has 0 bridgehead atoms. The minimum absolute atomic E-state index is 0.118. The van der Waals surface area contributed by atoms with Gasteiger partial charge in [0.1, 0.15) is 5.69 Å². The van der Waals surface area contributed by atoms with Gasteiger partial charge < -0.3 is 19.0 Å². The lowest BCUT2D eigenvalue weighted by molar-refractivity contribution is 0.123. The molecule has 2 amide bonds. The molecule has 6 nitrogen and oxygen atoms in total. The van der Waals surface area contributed by atoms with Crippen molar-refractivity contribution in [1.29, 1.82) is 0 Å². The summed E-state index contributed by atoms with van der Waals surface area (Å²) in [5.41, 5.74) is 3.65. The van der Waals surface area contributed by atoms with E-state index in [-0.39, 0.29) is 13.0 Å². The summed E-state index contributed by atoms with van der Waals surface area (Å²) in [5, 5.41) is 0. The Morgan fingerprint density at radius 1 is 0.885 bits per heavy atom. The molecule has 0 unspecified atom stereocenters. The third-order valence-corrected chi connectivity index (χ3v) is 6.60. The van der Waals surface area contributed by atoms with Crippen LogP contribution in [0, 0.1) is 29.1 Å². The number of halogens is 5. The molecule has 2 N–H and O–H groups in total. The molecule has 148 valence electrons. The minimum Gasteiger partial charge on any atom is -0.377 e. The quantitative estimate of drug-likeness (QED) is 0.227.